The highest BCUT2D eigenvalue weighted by Gasteiger charge is 2.31. The predicted octanol–water partition coefficient (Wildman–Crippen LogP) is 5.96. The second-order valence-corrected chi connectivity index (χ2v) is 18.4. The van der Waals surface area contributed by atoms with Crippen LogP contribution in [0.4, 0.5) is 21.5 Å². The van der Waals surface area contributed by atoms with Crippen molar-refractivity contribution >= 4 is 51.4 Å². The van der Waals surface area contributed by atoms with Gasteiger partial charge < -0.3 is 29.7 Å². The zero-order chi connectivity index (χ0) is 46.9. The molecule has 7 heterocycles. The number of hydrogen-bond donors (Lipinski definition) is 3. The summed E-state index contributed by atoms with van der Waals surface area (Å²) in [7, 11) is 5.41. The SMILES string of the molecule is CNc1ccn(-c2ccnc3c2cc([C@H](C)N2CC=C(c4c(C)cc(C(=O)N5CCC(CN6CCN(c7ccc(N[C@@H]8CCC(=O)NC8=O)c(OC)c7)CC6)CC5)cc4F)CC2)n3C)c(=O)c1. The number of amides is 3. The van der Waals surface area contributed by atoms with Gasteiger partial charge in [0.1, 0.15) is 23.3 Å². The van der Waals surface area contributed by atoms with Crippen LogP contribution in [0.15, 0.2) is 77.9 Å². The van der Waals surface area contributed by atoms with Crippen molar-refractivity contribution in [3.8, 4) is 11.4 Å². The topological polar surface area (TPSA) is 149 Å². The van der Waals surface area contributed by atoms with Gasteiger partial charge >= 0.3 is 0 Å². The van der Waals surface area contributed by atoms with E-state index in [1.165, 1.54) is 6.07 Å². The summed E-state index contributed by atoms with van der Waals surface area (Å²) in [5.74, 6) is 0.110. The number of piperidine rings is 2. The zero-order valence-electron chi connectivity index (χ0n) is 39.1. The smallest absolute Gasteiger partial charge is 0.257 e. The number of carbonyl (C=O) groups is 3. The summed E-state index contributed by atoms with van der Waals surface area (Å²) in [5, 5.41) is 9.55. The number of aryl methyl sites for hydroxylation is 2. The summed E-state index contributed by atoms with van der Waals surface area (Å²) in [6, 6.07) is 16.3. The third kappa shape index (κ3) is 9.41. The number of nitrogens with one attached hydrogen (secondary N) is 3. The van der Waals surface area contributed by atoms with Crippen LogP contribution in [0, 0.1) is 18.7 Å². The molecule has 3 fully saturated rings. The molecule has 0 unspecified atom stereocenters. The summed E-state index contributed by atoms with van der Waals surface area (Å²) >= 11 is 0. The molecular formula is C51H61FN10O5. The molecule has 2 atom stereocenters. The molecular weight excluding hydrogens is 852 g/mol. The second kappa shape index (κ2) is 19.4. The van der Waals surface area contributed by atoms with E-state index in [1.807, 2.05) is 55.3 Å². The molecule has 67 heavy (non-hydrogen) atoms. The fourth-order valence-corrected chi connectivity index (χ4v) is 10.5. The molecule has 0 aliphatic carbocycles. The first-order valence-corrected chi connectivity index (χ1v) is 23.5. The molecule has 3 amide bonds. The lowest BCUT2D eigenvalue weighted by molar-refractivity contribution is -0.133. The largest absolute Gasteiger partial charge is 0.495 e. The number of likely N-dealkylation sites (tertiary alicyclic amines) is 1. The lowest BCUT2D eigenvalue weighted by atomic mass is 9.92. The number of fused-ring (bicyclic) bond motifs is 1. The monoisotopic (exact) mass is 912 g/mol. The van der Waals surface area contributed by atoms with E-state index in [0.29, 0.717) is 61.7 Å². The number of anilines is 3. The van der Waals surface area contributed by atoms with Gasteiger partial charge in [0.05, 0.1) is 18.5 Å². The van der Waals surface area contributed by atoms with E-state index in [9.17, 15) is 19.2 Å². The first-order chi connectivity index (χ1) is 32.4. The van der Waals surface area contributed by atoms with E-state index in [-0.39, 0.29) is 35.1 Å². The van der Waals surface area contributed by atoms with Crippen molar-refractivity contribution in [2.24, 2.45) is 13.0 Å². The lowest BCUT2D eigenvalue weighted by Crippen LogP contribution is -2.49. The third-order valence-electron chi connectivity index (χ3n) is 14.4. The number of ether oxygens (including phenoxy) is 1. The standard InChI is InChI=1S/C51H61FN10O5/c1-32-26-36(27-40(52)48(32)35-13-19-59(20-14-35)33(2)44-30-39-43(10-16-54-49(39)57(44)4)62-21-15-37(53-3)28-47(62)64)51(66)61-17-11-34(12-18-61)31-58-22-24-60(25-23-58)38-6-7-41(45(29-38)67-5)55-42-8-9-46(63)56-50(42)65/h6-7,10,13,15-16,21,26-30,33-34,42,53,55H,8-9,11-12,14,17-20,22-25,31H2,1-5H3,(H,56,63,65)/t33-,42+/m0/s1. The van der Waals surface area contributed by atoms with Crippen LogP contribution in [0.1, 0.15) is 72.2 Å². The Morgan fingerprint density at radius 1 is 0.955 bits per heavy atom. The maximum absolute atomic E-state index is 16.1. The molecule has 15 nitrogen and oxygen atoms in total. The first kappa shape index (κ1) is 45.6. The number of aromatic nitrogens is 3. The summed E-state index contributed by atoms with van der Waals surface area (Å²) in [4.78, 5) is 64.5. The van der Waals surface area contributed by atoms with Crippen molar-refractivity contribution < 1.29 is 23.5 Å². The van der Waals surface area contributed by atoms with E-state index >= 15 is 4.39 Å². The molecule has 16 heteroatoms. The number of benzene rings is 2. The number of rotatable bonds is 12. The zero-order valence-corrected chi connectivity index (χ0v) is 39.1. The van der Waals surface area contributed by atoms with Crippen LogP contribution in [-0.2, 0) is 16.6 Å². The van der Waals surface area contributed by atoms with Crippen molar-refractivity contribution in [3.63, 3.8) is 0 Å². The molecule has 2 aromatic carbocycles. The highest BCUT2D eigenvalue weighted by molar-refractivity contribution is 6.01. The summed E-state index contributed by atoms with van der Waals surface area (Å²) in [6.45, 7) is 11.3. The third-order valence-corrected chi connectivity index (χ3v) is 14.4. The van der Waals surface area contributed by atoms with E-state index in [4.69, 9.17) is 4.74 Å². The van der Waals surface area contributed by atoms with E-state index in [1.54, 1.807) is 37.2 Å². The van der Waals surface area contributed by atoms with Gasteiger partial charge in [0.25, 0.3) is 11.5 Å². The maximum Gasteiger partial charge on any atom is 0.257 e. The lowest BCUT2D eigenvalue weighted by Gasteiger charge is -2.39. The quantitative estimate of drug-likeness (QED) is 0.127. The van der Waals surface area contributed by atoms with E-state index < -0.39 is 6.04 Å². The molecule has 3 N–H and O–H groups in total. The Labute approximate surface area is 390 Å². The number of piperazine rings is 1. The molecule has 0 saturated carbocycles. The van der Waals surface area contributed by atoms with Crippen molar-refractivity contribution in [1.82, 2.24) is 34.1 Å². The number of hydrogen-bond acceptors (Lipinski definition) is 11. The molecule has 0 radical (unpaired) electrons. The average molecular weight is 913 g/mol. The van der Waals surface area contributed by atoms with E-state index in [2.05, 4.69) is 59.3 Å². The number of pyridine rings is 2. The number of halogens is 1. The Hall–Kier alpha value is -6.52. The van der Waals surface area contributed by atoms with Gasteiger partial charge in [-0.15, -0.1) is 0 Å². The molecule has 5 aromatic rings. The minimum absolute atomic E-state index is 0.0350. The van der Waals surface area contributed by atoms with Gasteiger partial charge in [0.2, 0.25) is 11.8 Å². The van der Waals surface area contributed by atoms with Gasteiger partial charge in [-0.1, -0.05) is 6.08 Å². The van der Waals surface area contributed by atoms with Gasteiger partial charge in [-0.2, -0.15) is 0 Å². The van der Waals surface area contributed by atoms with Crippen LogP contribution >= 0.6 is 0 Å². The number of nitrogens with zero attached hydrogens (tertiary/aromatic N) is 7. The van der Waals surface area contributed by atoms with Crippen LogP contribution < -0.4 is 31.1 Å². The molecule has 0 spiro atoms. The van der Waals surface area contributed by atoms with Crippen molar-refractivity contribution in [1.29, 1.82) is 0 Å². The highest BCUT2D eigenvalue weighted by atomic mass is 19.1. The first-order valence-electron chi connectivity index (χ1n) is 23.5. The number of imide groups is 1. The fourth-order valence-electron chi connectivity index (χ4n) is 10.5. The highest BCUT2D eigenvalue weighted by Crippen LogP contribution is 2.35. The number of carbonyl (C=O) groups excluding carboxylic acids is 3. The minimum Gasteiger partial charge on any atom is -0.495 e. The number of methoxy groups -OCH3 is 1. The molecule has 4 aliphatic heterocycles. The molecule has 3 saturated heterocycles. The molecule has 9 rings (SSSR count). The predicted molar refractivity (Wildman–Crippen MR) is 260 cm³/mol. The maximum atomic E-state index is 16.1. The Balaban J connectivity index is 0.766. The summed E-state index contributed by atoms with van der Waals surface area (Å²) < 4.78 is 25.5. The summed E-state index contributed by atoms with van der Waals surface area (Å²) in [5.41, 5.74) is 7.78. The Morgan fingerprint density at radius 2 is 1.75 bits per heavy atom. The van der Waals surface area contributed by atoms with Gasteiger partial charge in [-0.25, -0.2) is 9.37 Å². The van der Waals surface area contributed by atoms with Gasteiger partial charge in [0, 0.05) is 144 Å². The van der Waals surface area contributed by atoms with Crippen molar-refractivity contribution in [2.45, 2.75) is 58.0 Å². The normalized spacial score (nSPS) is 19.3. The Morgan fingerprint density at radius 3 is 2.43 bits per heavy atom. The van der Waals surface area contributed by atoms with Crippen LogP contribution in [0.2, 0.25) is 0 Å². The fraction of sp³-hybridized carbons (Fsp3) is 0.431. The molecule has 352 valence electrons. The van der Waals surface area contributed by atoms with Crippen LogP contribution in [0.25, 0.3) is 22.3 Å². The molecule has 0 bridgehead atoms. The van der Waals surface area contributed by atoms with Crippen molar-refractivity contribution in [3.05, 3.63) is 112 Å². The second-order valence-electron chi connectivity index (χ2n) is 18.4. The Bertz CT molecular complexity index is 2760. The van der Waals surface area contributed by atoms with Gasteiger partial charge in [-0.3, -0.25) is 38.9 Å². The average Bonchev–Trinajstić information content (AvgIpc) is 3.68. The van der Waals surface area contributed by atoms with Crippen LogP contribution in [0.3, 0.4) is 0 Å². The van der Waals surface area contributed by atoms with Crippen LogP contribution in [-0.4, -0.2) is 126 Å². The van der Waals surface area contributed by atoms with Crippen molar-refractivity contribution in [2.75, 3.05) is 88.6 Å². The Kier molecular flexibility index (Phi) is 13.2. The van der Waals surface area contributed by atoms with Gasteiger partial charge in [-0.05, 0) is 99.0 Å². The molecule has 4 aliphatic rings. The van der Waals surface area contributed by atoms with Gasteiger partial charge in [0.15, 0.2) is 0 Å². The minimum atomic E-state index is -0.484. The van der Waals surface area contributed by atoms with E-state index in [0.717, 1.165) is 103 Å². The molecule has 3 aromatic heterocycles. The summed E-state index contributed by atoms with van der Waals surface area (Å²) in [6.07, 6.45) is 8.88. The van der Waals surface area contributed by atoms with Crippen LogP contribution in [0.5, 0.6) is 5.75 Å².